The average molecular weight is 244 g/mol. The van der Waals surface area contributed by atoms with E-state index in [4.69, 9.17) is 4.52 Å². The molecule has 0 aliphatic rings. The van der Waals surface area contributed by atoms with E-state index in [0.717, 1.165) is 0 Å². The third-order valence-corrected chi connectivity index (χ3v) is 2.32. The van der Waals surface area contributed by atoms with E-state index in [1.165, 1.54) is 12.1 Å². The van der Waals surface area contributed by atoms with E-state index < -0.39 is 0 Å². The zero-order valence-corrected chi connectivity index (χ0v) is 9.59. The molecule has 0 atom stereocenters. The summed E-state index contributed by atoms with van der Waals surface area (Å²) in [6.45, 7) is 3.86. The maximum Gasteiger partial charge on any atom is 0.273 e. The second-order valence-corrected chi connectivity index (χ2v) is 3.59. The van der Waals surface area contributed by atoms with Crippen molar-refractivity contribution in [3.63, 3.8) is 0 Å². The lowest BCUT2D eigenvalue weighted by Crippen LogP contribution is -2.23. The Kier molecular flexibility index (Phi) is 3.43. The van der Waals surface area contributed by atoms with Gasteiger partial charge in [-0.1, -0.05) is 23.4 Å². The summed E-state index contributed by atoms with van der Waals surface area (Å²) in [5.41, 5.74) is 0.655. The normalized spacial score (nSPS) is 10.0. The zero-order chi connectivity index (χ0) is 13.0. The first kappa shape index (κ1) is 11.9. The molecule has 0 bridgehead atoms. The minimum atomic E-state index is -0.347. The Labute approximate surface area is 104 Å². The monoisotopic (exact) mass is 244 g/mol. The number of aromatic nitrogens is 1. The standard InChI is InChI=1S/C13H12N2O3/c1-2-7-14-13(17)10-8-12(18-15-10)9-5-3-4-6-11(9)16/h2-6,8,16H,1,7H2,(H,14,17). The summed E-state index contributed by atoms with van der Waals surface area (Å²) in [4.78, 5) is 11.6. The van der Waals surface area contributed by atoms with E-state index in [0.29, 0.717) is 17.9 Å². The van der Waals surface area contributed by atoms with Crippen LogP contribution in [-0.4, -0.2) is 22.7 Å². The minimum Gasteiger partial charge on any atom is -0.507 e. The summed E-state index contributed by atoms with van der Waals surface area (Å²) in [6.07, 6.45) is 1.57. The lowest BCUT2D eigenvalue weighted by molar-refractivity contribution is 0.0949. The highest BCUT2D eigenvalue weighted by atomic mass is 16.5. The molecular weight excluding hydrogens is 232 g/mol. The van der Waals surface area contributed by atoms with Crippen LogP contribution in [0.5, 0.6) is 5.75 Å². The first-order chi connectivity index (χ1) is 8.72. The van der Waals surface area contributed by atoms with Gasteiger partial charge < -0.3 is 14.9 Å². The van der Waals surface area contributed by atoms with E-state index in [-0.39, 0.29) is 17.4 Å². The van der Waals surface area contributed by atoms with E-state index in [1.807, 2.05) is 0 Å². The van der Waals surface area contributed by atoms with Crippen molar-refractivity contribution in [2.24, 2.45) is 0 Å². The summed E-state index contributed by atoms with van der Waals surface area (Å²) in [5.74, 6) is 0.0730. The SMILES string of the molecule is C=CCNC(=O)c1cc(-c2ccccc2O)on1. The number of phenolic OH excluding ortho intramolecular Hbond substituents is 1. The Morgan fingerprint density at radius 3 is 3.00 bits per heavy atom. The maximum absolute atomic E-state index is 11.6. The van der Waals surface area contributed by atoms with E-state index in [1.54, 1.807) is 24.3 Å². The van der Waals surface area contributed by atoms with Gasteiger partial charge in [0.2, 0.25) is 0 Å². The van der Waals surface area contributed by atoms with Gasteiger partial charge in [0.25, 0.3) is 5.91 Å². The number of amides is 1. The Hall–Kier alpha value is -2.56. The quantitative estimate of drug-likeness (QED) is 0.806. The van der Waals surface area contributed by atoms with Gasteiger partial charge in [0.15, 0.2) is 11.5 Å². The Bertz CT molecular complexity index is 575. The summed E-state index contributed by atoms with van der Waals surface area (Å²) < 4.78 is 5.04. The van der Waals surface area contributed by atoms with Crippen LogP contribution in [0.3, 0.4) is 0 Å². The highest BCUT2D eigenvalue weighted by molar-refractivity contribution is 5.93. The van der Waals surface area contributed by atoms with Gasteiger partial charge >= 0.3 is 0 Å². The van der Waals surface area contributed by atoms with E-state index >= 15 is 0 Å². The molecule has 2 rings (SSSR count). The van der Waals surface area contributed by atoms with Crippen LogP contribution in [0, 0.1) is 0 Å². The molecule has 2 aromatic rings. The highest BCUT2D eigenvalue weighted by Gasteiger charge is 2.14. The number of hydrogen-bond acceptors (Lipinski definition) is 4. The number of nitrogens with one attached hydrogen (secondary N) is 1. The van der Waals surface area contributed by atoms with Crippen molar-refractivity contribution in [2.45, 2.75) is 0 Å². The zero-order valence-electron chi connectivity index (χ0n) is 9.59. The molecule has 92 valence electrons. The van der Waals surface area contributed by atoms with Crippen LogP contribution in [-0.2, 0) is 0 Å². The molecule has 0 unspecified atom stereocenters. The molecule has 1 amide bonds. The second kappa shape index (κ2) is 5.18. The number of rotatable bonds is 4. The van der Waals surface area contributed by atoms with Crippen LogP contribution in [0.25, 0.3) is 11.3 Å². The number of phenols is 1. The molecule has 0 saturated carbocycles. The molecule has 1 heterocycles. The second-order valence-electron chi connectivity index (χ2n) is 3.59. The van der Waals surface area contributed by atoms with Crippen molar-refractivity contribution < 1.29 is 14.4 Å². The molecule has 0 aliphatic carbocycles. The van der Waals surface area contributed by atoms with Crippen LogP contribution in [0.2, 0.25) is 0 Å². The fourth-order valence-corrected chi connectivity index (χ4v) is 1.45. The molecular formula is C13H12N2O3. The largest absolute Gasteiger partial charge is 0.507 e. The number of nitrogens with zero attached hydrogens (tertiary/aromatic N) is 1. The third-order valence-electron chi connectivity index (χ3n) is 2.32. The number of para-hydroxylation sites is 1. The average Bonchev–Trinajstić information content (AvgIpc) is 2.86. The molecule has 18 heavy (non-hydrogen) atoms. The van der Waals surface area contributed by atoms with Crippen molar-refractivity contribution in [3.05, 3.63) is 48.7 Å². The van der Waals surface area contributed by atoms with Gasteiger partial charge in [-0.25, -0.2) is 0 Å². The molecule has 1 aromatic heterocycles. The number of carbonyl (C=O) groups excluding carboxylic acids is 1. The Balaban J connectivity index is 2.23. The van der Waals surface area contributed by atoms with Crippen molar-refractivity contribution in [2.75, 3.05) is 6.54 Å². The first-order valence-corrected chi connectivity index (χ1v) is 5.36. The molecule has 5 nitrogen and oxygen atoms in total. The number of aromatic hydroxyl groups is 1. The molecule has 0 spiro atoms. The van der Waals surface area contributed by atoms with Gasteiger partial charge in [0.05, 0.1) is 5.56 Å². The predicted molar refractivity (Wildman–Crippen MR) is 66.1 cm³/mol. The van der Waals surface area contributed by atoms with Crippen molar-refractivity contribution in [3.8, 4) is 17.1 Å². The molecule has 0 fully saturated rings. The fourth-order valence-electron chi connectivity index (χ4n) is 1.45. The van der Waals surface area contributed by atoms with E-state index in [2.05, 4.69) is 17.1 Å². The van der Waals surface area contributed by atoms with Crippen molar-refractivity contribution >= 4 is 5.91 Å². The molecule has 0 aliphatic heterocycles. The van der Waals surface area contributed by atoms with Crippen LogP contribution >= 0.6 is 0 Å². The minimum absolute atomic E-state index is 0.0756. The van der Waals surface area contributed by atoms with Gasteiger partial charge in [0, 0.05) is 12.6 Å². The molecule has 2 N–H and O–H groups in total. The number of benzene rings is 1. The van der Waals surface area contributed by atoms with Crippen LogP contribution < -0.4 is 5.32 Å². The van der Waals surface area contributed by atoms with Gasteiger partial charge in [-0.2, -0.15) is 0 Å². The Morgan fingerprint density at radius 1 is 1.50 bits per heavy atom. The topological polar surface area (TPSA) is 75.4 Å². The van der Waals surface area contributed by atoms with Crippen LogP contribution in [0.1, 0.15) is 10.5 Å². The summed E-state index contributed by atoms with van der Waals surface area (Å²) in [7, 11) is 0. The van der Waals surface area contributed by atoms with Crippen LogP contribution in [0.4, 0.5) is 0 Å². The lowest BCUT2D eigenvalue weighted by atomic mass is 10.1. The van der Waals surface area contributed by atoms with Gasteiger partial charge in [-0.15, -0.1) is 6.58 Å². The smallest absolute Gasteiger partial charge is 0.273 e. The summed E-state index contributed by atoms with van der Waals surface area (Å²) in [5, 5.41) is 15.9. The van der Waals surface area contributed by atoms with Gasteiger partial charge in [0.1, 0.15) is 5.75 Å². The molecule has 5 heteroatoms. The number of hydrogen-bond donors (Lipinski definition) is 2. The summed E-state index contributed by atoms with van der Waals surface area (Å²) in [6, 6.07) is 8.16. The third kappa shape index (κ3) is 2.40. The number of carbonyl (C=O) groups is 1. The predicted octanol–water partition coefficient (Wildman–Crippen LogP) is 1.96. The summed E-state index contributed by atoms with van der Waals surface area (Å²) >= 11 is 0. The molecule has 0 radical (unpaired) electrons. The van der Waals surface area contributed by atoms with Gasteiger partial charge in [-0.3, -0.25) is 4.79 Å². The molecule has 0 saturated heterocycles. The van der Waals surface area contributed by atoms with E-state index in [9.17, 15) is 9.90 Å². The van der Waals surface area contributed by atoms with Crippen molar-refractivity contribution in [1.29, 1.82) is 0 Å². The highest BCUT2D eigenvalue weighted by Crippen LogP contribution is 2.28. The van der Waals surface area contributed by atoms with Gasteiger partial charge in [-0.05, 0) is 12.1 Å². The maximum atomic E-state index is 11.6. The lowest BCUT2D eigenvalue weighted by Gasteiger charge is -1.97. The first-order valence-electron chi connectivity index (χ1n) is 5.36. The fraction of sp³-hybridized carbons (Fsp3) is 0.0769. The molecule has 1 aromatic carbocycles. The van der Waals surface area contributed by atoms with Crippen LogP contribution in [0.15, 0.2) is 47.5 Å². The van der Waals surface area contributed by atoms with Crippen molar-refractivity contribution in [1.82, 2.24) is 10.5 Å². The Morgan fingerprint density at radius 2 is 2.28 bits per heavy atom.